The number of hydrogen-bond acceptors (Lipinski definition) is 4. The highest BCUT2D eigenvalue weighted by Gasteiger charge is 2.20. The van der Waals surface area contributed by atoms with Gasteiger partial charge in [0.2, 0.25) is 0 Å². The van der Waals surface area contributed by atoms with Crippen molar-refractivity contribution in [1.82, 2.24) is 15.3 Å². The third-order valence-electron chi connectivity index (χ3n) is 3.54. The molecule has 0 radical (unpaired) electrons. The van der Waals surface area contributed by atoms with Crippen LogP contribution in [-0.2, 0) is 4.74 Å². The number of aryl methyl sites for hydroxylation is 1. The molecule has 1 N–H and O–H groups in total. The minimum absolute atomic E-state index is 0.312. The van der Waals surface area contributed by atoms with E-state index in [2.05, 4.69) is 36.1 Å². The van der Waals surface area contributed by atoms with Crippen molar-refractivity contribution >= 4 is 0 Å². The standard InChI is InChI=1S/C14H23N3O/c1-4-15-10(2)13-8-16-14(17-11(13)3)12-6-5-7-18-9-12/h8,10,12,15H,4-7,9H2,1-3H3. The smallest absolute Gasteiger partial charge is 0.133 e. The second-order valence-corrected chi connectivity index (χ2v) is 4.96. The van der Waals surface area contributed by atoms with Crippen LogP contribution in [0.5, 0.6) is 0 Å². The van der Waals surface area contributed by atoms with E-state index in [4.69, 9.17) is 4.74 Å². The predicted molar refractivity (Wildman–Crippen MR) is 71.7 cm³/mol. The molecule has 2 atom stereocenters. The van der Waals surface area contributed by atoms with Gasteiger partial charge in [-0.15, -0.1) is 0 Å². The molecule has 0 aliphatic carbocycles. The summed E-state index contributed by atoms with van der Waals surface area (Å²) in [5.74, 6) is 1.32. The zero-order chi connectivity index (χ0) is 13.0. The van der Waals surface area contributed by atoms with Crippen molar-refractivity contribution in [2.24, 2.45) is 0 Å². The molecule has 2 rings (SSSR count). The van der Waals surface area contributed by atoms with Crippen LogP contribution in [0.4, 0.5) is 0 Å². The van der Waals surface area contributed by atoms with Crippen molar-refractivity contribution in [3.8, 4) is 0 Å². The highest BCUT2D eigenvalue weighted by Crippen LogP contribution is 2.24. The number of nitrogens with zero attached hydrogens (tertiary/aromatic N) is 2. The Hall–Kier alpha value is -1.00. The number of rotatable bonds is 4. The monoisotopic (exact) mass is 249 g/mol. The molecule has 1 saturated heterocycles. The Labute approximate surface area is 109 Å². The van der Waals surface area contributed by atoms with Gasteiger partial charge in [-0.2, -0.15) is 0 Å². The van der Waals surface area contributed by atoms with E-state index in [-0.39, 0.29) is 0 Å². The van der Waals surface area contributed by atoms with Crippen LogP contribution in [0.25, 0.3) is 0 Å². The van der Waals surface area contributed by atoms with Crippen molar-refractivity contribution in [3.05, 3.63) is 23.3 Å². The predicted octanol–water partition coefficient (Wildman–Crippen LogP) is 2.35. The SMILES string of the molecule is CCNC(C)c1cnc(C2CCCOC2)nc1C. The molecule has 0 saturated carbocycles. The molecule has 1 fully saturated rings. The molecule has 1 aliphatic rings. The normalized spacial score (nSPS) is 21.8. The van der Waals surface area contributed by atoms with Gasteiger partial charge in [-0.3, -0.25) is 0 Å². The van der Waals surface area contributed by atoms with Gasteiger partial charge in [0.1, 0.15) is 5.82 Å². The van der Waals surface area contributed by atoms with E-state index in [1.807, 2.05) is 6.20 Å². The highest BCUT2D eigenvalue weighted by atomic mass is 16.5. The summed E-state index contributed by atoms with van der Waals surface area (Å²) in [7, 11) is 0. The first-order chi connectivity index (χ1) is 8.72. The molecule has 4 heteroatoms. The first kappa shape index (κ1) is 13.4. The molecule has 100 valence electrons. The van der Waals surface area contributed by atoms with Crippen LogP contribution in [0, 0.1) is 6.92 Å². The average Bonchev–Trinajstić information content (AvgIpc) is 2.40. The van der Waals surface area contributed by atoms with Crippen molar-refractivity contribution in [2.75, 3.05) is 19.8 Å². The summed E-state index contributed by atoms with van der Waals surface area (Å²) in [6.07, 6.45) is 4.23. The van der Waals surface area contributed by atoms with Crippen molar-refractivity contribution < 1.29 is 4.74 Å². The zero-order valence-electron chi connectivity index (χ0n) is 11.6. The number of nitrogens with one attached hydrogen (secondary N) is 1. The number of ether oxygens (including phenoxy) is 1. The van der Waals surface area contributed by atoms with Gasteiger partial charge in [0.25, 0.3) is 0 Å². The third kappa shape index (κ3) is 3.06. The van der Waals surface area contributed by atoms with Crippen LogP contribution >= 0.6 is 0 Å². The lowest BCUT2D eigenvalue weighted by Crippen LogP contribution is -2.21. The van der Waals surface area contributed by atoms with Crippen molar-refractivity contribution in [3.63, 3.8) is 0 Å². The van der Waals surface area contributed by atoms with Gasteiger partial charge in [0.05, 0.1) is 6.61 Å². The molecule has 2 unspecified atom stereocenters. The maximum atomic E-state index is 5.50. The fourth-order valence-electron chi connectivity index (χ4n) is 2.48. The van der Waals surface area contributed by atoms with Gasteiger partial charge in [0, 0.05) is 36.0 Å². The molecule has 0 bridgehead atoms. The van der Waals surface area contributed by atoms with Crippen LogP contribution in [0.15, 0.2) is 6.20 Å². The van der Waals surface area contributed by atoms with E-state index < -0.39 is 0 Å². The maximum Gasteiger partial charge on any atom is 0.133 e. The number of hydrogen-bond donors (Lipinski definition) is 1. The summed E-state index contributed by atoms with van der Waals surface area (Å²) < 4.78 is 5.50. The lowest BCUT2D eigenvalue weighted by atomic mass is 10.0. The fourth-order valence-corrected chi connectivity index (χ4v) is 2.48. The quantitative estimate of drug-likeness (QED) is 0.889. The molecule has 1 aromatic rings. The first-order valence-corrected chi connectivity index (χ1v) is 6.87. The van der Waals surface area contributed by atoms with Crippen LogP contribution in [0.3, 0.4) is 0 Å². The molecule has 18 heavy (non-hydrogen) atoms. The van der Waals surface area contributed by atoms with E-state index in [1.165, 1.54) is 5.56 Å². The Bertz CT molecular complexity index is 389. The Balaban J connectivity index is 2.13. The highest BCUT2D eigenvalue weighted by molar-refractivity contribution is 5.21. The summed E-state index contributed by atoms with van der Waals surface area (Å²) >= 11 is 0. The summed E-state index contributed by atoms with van der Waals surface area (Å²) in [4.78, 5) is 9.20. The van der Waals surface area contributed by atoms with Crippen LogP contribution in [-0.4, -0.2) is 29.7 Å². The van der Waals surface area contributed by atoms with Gasteiger partial charge in [0.15, 0.2) is 0 Å². The van der Waals surface area contributed by atoms with E-state index in [9.17, 15) is 0 Å². The zero-order valence-corrected chi connectivity index (χ0v) is 11.6. The van der Waals surface area contributed by atoms with E-state index in [0.29, 0.717) is 12.0 Å². The molecule has 2 heterocycles. The van der Waals surface area contributed by atoms with Crippen LogP contribution in [0.2, 0.25) is 0 Å². The fraction of sp³-hybridized carbons (Fsp3) is 0.714. The Morgan fingerprint density at radius 3 is 3.00 bits per heavy atom. The molecule has 1 aromatic heterocycles. The first-order valence-electron chi connectivity index (χ1n) is 6.87. The van der Waals surface area contributed by atoms with Gasteiger partial charge in [-0.25, -0.2) is 9.97 Å². The summed E-state index contributed by atoms with van der Waals surface area (Å²) in [5, 5.41) is 3.40. The Morgan fingerprint density at radius 2 is 2.39 bits per heavy atom. The van der Waals surface area contributed by atoms with Crippen molar-refractivity contribution in [2.45, 2.75) is 45.6 Å². The lowest BCUT2D eigenvalue weighted by molar-refractivity contribution is 0.0780. The summed E-state index contributed by atoms with van der Waals surface area (Å²) in [5.41, 5.74) is 2.27. The van der Waals surface area contributed by atoms with Gasteiger partial charge < -0.3 is 10.1 Å². The van der Waals surface area contributed by atoms with Crippen molar-refractivity contribution in [1.29, 1.82) is 0 Å². The average molecular weight is 249 g/mol. The van der Waals surface area contributed by atoms with E-state index in [0.717, 1.165) is 44.1 Å². The van der Waals surface area contributed by atoms with Gasteiger partial charge in [-0.05, 0) is 33.2 Å². The largest absolute Gasteiger partial charge is 0.381 e. The van der Waals surface area contributed by atoms with Crippen LogP contribution in [0.1, 0.15) is 55.7 Å². The summed E-state index contributed by atoms with van der Waals surface area (Å²) in [6, 6.07) is 0.312. The molecule has 1 aliphatic heterocycles. The van der Waals surface area contributed by atoms with E-state index in [1.54, 1.807) is 0 Å². The number of aromatic nitrogens is 2. The lowest BCUT2D eigenvalue weighted by Gasteiger charge is -2.22. The van der Waals surface area contributed by atoms with E-state index >= 15 is 0 Å². The van der Waals surface area contributed by atoms with Gasteiger partial charge in [-0.1, -0.05) is 6.92 Å². The van der Waals surface area contributed by atoms with Gasteiger partial charge >= 0.3 is 0 Å². The minimum Gasteiger partial charge on any atom is -0.381 e. The summed E-state index contributed by atoms with van der Waals surface area (Å²) in [6.45, 7) is 8.93. The maximum absolute atomic E-state index is 5.50. The molecule has 4 nitrogen and oxygen atoms in total. The second-order valence-electron chi connectivity index (χ2n) is 4.96. The second kappa shape index (κ2) is 6.25. The third-order valence-corrected chi connectivity index (χ3v) is 3.54. The Kier molecular flexibility index (Phi) is 4.66. The molecular weight excluding hydrogens is 226 g/mol. The molecule has 0 spiro atoms. The minimum atomic E-state index is 0.312. The molecular formula is C14H23N3O. The molecule has 0 amide bonds. The molecule has 0 aromatic carbocycles. The Morgan fingerprint density at radius 1 is 1.56 bits per heavy atom. The topological polar surface area (TPSA) is 47.0 Å². The van der Waals surface area contributed by atoms with Crippen LogP contribution < -0.4 is 5.32 Å².